The Morgan fingerprint density at radius 1 is 0.591 bits per heavy atom. The van der Waals surface area contributed by atoms with Crippen molar-refractivity contribution < 1.29 is 29.4 Å². The van der Waals surface area contributed by atoms with E-state index in [-0.39, 0.29) is 29.0 Å². The molecule has 0 aliphatic rings. The molecule has 2 aromatic carbocycles. The smallest absolute Gasteiger partial charge is 0.273 e. The van der Waals surface area contributed by atoms with E-state index in [2.05, 4.69) is 28.6 Å². The van der Waals surface area contributed by atoms with Crippen molar-refractivity contribution >= 4 is 23.6 Å². The predicted molar refractivity (Wildman–Crippen MR) is 171 cm³/mol. The van der Waals surface area contributed by atoms with Crippen molar-refractivity contribution in [2.75, 3.05) is 0 Å². The molecule has 0 spiro atoms. The van der Waals surface area contributed by atoms with Gasteiger partial charge in [0.05, 0.1) is 11.1 Å². The van der Waals surface area contributed by atoms with E-state index in [0.29, 0.717) is 30.4 Å². The summed E-state index contributed by atoms with van der Waals surface area (Å²) in [6, 6.07) is 9.64. The summed E-state index contributed by atoms with van der Waals surface area (Å²) in [6.45, 7) is 7.63. The van der Waals surface area contributed by atoms with Crippen LogP contribution in [0.3, 0.4) is 0 Å². The molecule has 10 nitrogen and oxygen atoms in total. The summed E-state index contributed by atoms with van der Waals surface area (Å²) >= 11 is 0. The van der Waals surface area contributed by atoms with Crippen LogP contribution in [0.5, 0.6) is 11.5 Å². The third kappa shape index (κ3) is 10.3. The number of unbranched alkanes of at least 4 members (excludes halogenated alkanes) is 7. The minimum Gasteiger partial charge on any atom is -0.507 e. The van der Waals surface area contributed by atoms with Crippen LogP contribution >= 0.6 is 0 Å². The summed E-state index contributed by atoms with van der Waals surface area (Å²) in [5, 5.41) is 20.8. The molecule has 6 N–H and O–H groups in total. The Hall–Kier alpha value is -4.08. The number of hydrazine groups is 2. The molecule has 0 aromatic heterocycles. The second-order valence-corrected chi connectivity index (χ2v) is 11.5. The van der Waals surface area contributed by atoms with Crippen molar-refractivity contribution in [1.29, 1.82) is 0 Å². The summed E-state index contributed by atoms with van der Waals surface area (Å²) in [5.41, 5.74) is 9.25. The average Bonchev–Trinajstić information content (AvgIpc) is 3.01. The van der Waals surface area contributed by atoms with Crippen LogP contribution in [0.15, 0.2) is 36.4 Å². The van der Waals surface area contributed by atoms with Crippen LogP contribution in [0.4, 0.5) is 0 Å². The van der Waals surface area contributed by atoms with Crippen LogP contribution in [0.1, 0.15) is 130 Å². The lowest BCUT2D eigenvalue weighted by Gasteiger charge is -2.27. The lowest BCUT2D eigenvalue weighted by Crippen LogP contribution is -2.57. The third-order valence-electron chi connectivity index (χ3n) is 7.92. The molecule has 0 atom stereocenters. The van der Waals surface area contributed by atoms with Gasteiger partial charge in [0.25, 0.3) is 23.6 Å². The molecule has 0 heterocycles. The average molecular weight is 611 g/mol. The number of rotatable bonds is 17. The zero-order chi connectivity index (χ0) is 32.5. The number of phenolic OH excluding ortho intramolecular Hbond substituents is 2. The third-order valence-corrected chi connectivity index (χ3v) is 7.92. The Bertz CT molecular complexity index is 1180. The topological polar surface area (TPSA) is 157 Å². The number of carbonyl (C=O) groups excluding carboxylic acids is 4. The van der Waals surface area contributed by atoms with Gasteiger partial charge in [-0.1, -0.05) is 96.4 Å². The van der Waals surface area contributed by atoms with Crippen molar-refractivity contribution in [2.45, 2.75) is 111 Å². The van der Waals surface area contributed by atoms with E-state index >= 15 is 0 Å². The Morgan fingerprint density at radius 3 is 1.43 bits per heavy atom. The van der Waals surface area contributed by atoms with Gasteiger partial charge in [-0.3, -0.25) is 40.9 Å². The van der Waals surface area contributed by atoms with Gasteiger partial charge in [0.2, 0.25) is 0 Å². The predicted octanol–water partition coefficient (Wildman–Crippen LogP) is 5.76. The summed E-state index contributed by atoms with van der Waals surface area (Å²) in [6.07, 6.45) is 10.4. The van der Waals surface area contributed by atoms with Gasteiger partial charge in [0, 0.05) is 0 Å². The number of phenols is 2. The molecule has 10 heteroatoms. The molecule has 2 rings (SSSR count). The van der Waals surface area contributed by atoms with Gasteiger partial charge >= 0.3 is 0 Å². The summed E-state index contributed by atoms with van der Waals surface area (Å²) in [7, 11) is 0. The molecule has 0 saturated heterocycles. The first-order valence-corrected chi connectivity index (χ1v) is 15.9. The summed E-state index contributed by atoms with van der Waals surface area (Å²) in [5.74, 6) is -3.33. The molecule has 0 saturated carbocycles. The highest BCUT2D eigenvalue weighted by Crippen LogP contribution is 2.27. The number of hydrogen-bond acceptors (Lipinski definition) is 6. The van der Waals surface area contributed by atoms with Crippen LogP contribution in [0.2, 0.25) is 0 Å². The Morgan fingerprint density at radius 2 is 1.00 bits per heavy atom. The quantitative estimate of drug-likeness (QED) is 0.0759. The number of hydrogen-bond donors (Lipinski definition) is 6. The second-order valence-electron chi connectivity index (χ2n) is 11.5. The first-order valence-electron chi connectivity index (χ1n) is 15.9. The van der Waals surface area contributed by atoms with Crippen LogP contribution in [-0.2, 0) is 22.4 Å². The minimum atomic E-state index is -1.65. The van der Waals surface area contributed by atoms with E-state index in [1.54, 1.807) is 24.3 Å². The van der Waals surface area contributed by atoms with E-state index in [9.17, 15) is 29.4 Å². The first-order chi connectivity index (χ1) is 21.1. The monoisotopic (exact) mass is 610 g/mol. The molecular formula is C34H50N4O6. The number of aromatic hydroxyl groups is 2. The normalized spacial score (nSPS) is 11.1. The van der Waals surface area contributed by atoms with Crippen molar-refractivity contribution in [2.24, 2.45) is 5.41 Å². The fraction of sp³-hybridized carbons (Fsp3) is 0.529. The Labute approximate surface area is 261 Å². The van der Waals surface area contributed by atoms with Gasteiger partial charge in [-0.15, -0.1) is 0 Å². The van der Waals surface area contributed by atoms with E-state index in [1.807, 2.05) is 13.8 Å². The molecule has 0 aliphatic heterocycles. The number of nitrogens with one attached hydrogen (secondary N) is 4. The van der Waals surface area contributed by atoms with Gasteiger partial charge < -0.3 is 10.2 Å². The second kappa shape index (κ2) is 18.6. The number of carbonyl (C=O) groups is 4. The molecule has 0 unspecified atom stereocenters. The van der Waals surface area contributed by atoms with Crippen molar-refractivity contribution in [3.63, 3.8) is 0 Å². The first kappa shape index (κ1) is 36.1. The van der Waals surface area contributed by atoms with E-state index in [0.717, 1.165) is 57.8 Å². The standard InChI is InChI=1S/C34H50N4O6/c1-5-8-11-12-13-14-23-34(4,32(43)37-35-30(41)28-24(17-9-6-2)19-15-21-26(28)39)33(44)38-36-31(42)29-25(18-10-7-3)20-16-22-27(29)40/h15-16,19-22,39-40H,5-14,17-18,23H2,1-4H3,(H,35,41)(H,36,42)(H,37,43)(H,38,44). The van der Waals surface area contributed by atoms with Gasteiger partial charge in [0.1, 0.15) is 16.9 Å². The van der Waals surface area contributed by atoms with Crippen LogP contribution in [0.25, 0.3) is 0 Å². The summed E-state index contributed by atoms with van der Waals surface area (Å²) < 4.78 is 0. The maximum atomic E-state index is 13.5. The molecule has 4 amide bonds. The largest absolute Gasteiger partial charge is 0.507 e. The summed E-state index contributed by atoms with van der Waals surface area (Å²) in [4.78, 5) is 53.1. The van der Waals surface area contributed by atoms with Gasteiger partial charge in [-0.05, 0) is 62.3 Å². The van der Waals surface area contributed by atoms with Gasteiger partial charge in [-0.25, -0.2) is 0 Å². The highest BCUT2D eigenvalue weighted by Gasteiger charge is 2.41. The fourth-order valence-electron chi connectivity index (χ4n) is 5.07. The Kier molecular flexibility index (Phi) is 15.2. The minimum absolute atomic E-state index is 0.0668. The van der Waals surface area contributed by atoms with E-state index in [1.165, 1.54) is 19.1 Å². The SMILES string of the molecule is CCCCCCCCC(C)(C(=O)NNC(=O)c1c(O)cccc1CCCC)C(=O)NNC(=O)c1c(O)cccc1CCCC. The fourth-order valence-corrected chi connectivity index (χ4v) is 5.07. The number of amides is 4. The molecule has 0 bridgehead atoms. The lowest BCUT2D eigenvalue weighted by molar-refractivity contribution is -0.144. The van der Waals surface area contributed by atoms with Gasteiger partial charge in [0.15, 0.2) is 0 Å². The molecular weight excluding hydrogens is 560 g/mol. The molecule has 0 radical (unpaired) electrons. The van der Waals surface area contributed by atoms with E-state index < -0.39 is 29.0 Å². The zero-order valence-corrected chi connectivity index (χ0v) is 26.7. The molecule has 0 aliphatic carbocycles. The molecule has 44 heavy (non-hydrogen) atoms. The maximum Gasteiger partial charge on any atom is 0.273 e. The van der Waals surface area contributed by atoms with Crippen LogP contribution in [-0.4, -0.2) is 33.8 Å². The van der Waals surface area contributed by atoms with Crippen molar-refractivity contribution in [1.82, 2.24) is 21.7 Å². The highest BCUT2D eigenvalue weighted by molar-refractivity contribution is 6.07. The lowest BCUT2D eigenvalue weighted by atomic mass is 9.82. The molecule has 0 fully saturated rings. The number of aryl methyl sites for hydroxylation is 2. The number of benzene rings is 2. The molecule has 2 aromatic rings. The van der Waals surface area contributed by atoms with Crippen molar-refractivity contribution in [3.8, 4) is 11.5 Å². The van der Waals surface area contributed by atoms with Crippen LogP contribution in [0, 0.1) is 5.41 Å². The van der Waals surface area contributed by atoms with Crippen molar-refractivity contribution in [3.05, 3.63) is 58.7 Å². The van der Waals surface area contributed by atoms with Gasteiger partial charge in [-0.2, -0.15) is 0 Å². The maximum absolute atomic E-state index is 13.5. The Balaban J connectivity index is 2.19. The highest BCUT2D eigenvalue weighted by atomic mass is 16.3. The van der Waals surface area contributed by atoms with Crippen LogP contribution < -0.4 is 21.7 Å². The zero-order valence-electron chi connectivity index (χ0n) is 26.7. The van der Waals surface area contributed by atoms with E-state index in [4.69, 9.17) is 0 Å². The molecule has 242 valence electrons.